The molecule has 1 saturated heterocycles. The molecule has 0 unspecified atom stereocenters. The lowest BCUT2D eigenvalue weighted by molar-refractivity contribution is -0.122. The normalized spacial score (nSPS) is 15.8. The van der Waals surface area contributed by atoms with Crippen molar-refractivity contribution >= 4 is 62.1 Å². The first-order valence-corrected chi connectivity index (χ1v) is 13.1. The maximum Gasteiger partial charge on any atom is 0.266 e. The molecule has 1 fully saturated rings. The summed E-state index contributed by atoms with van der Waals surface area (Å²) in [7, 11) is 1.64. The Kier molecular flexibility index (Phi) is 9.20. The van der Waals surface area contributed by atoms with E-state index in [2.05, 4.69) is 15.9 Å². The molecule has 0 atom stereocenters. The third kappa shape index (κ3) is 6.76. The van der Waals surface area contributed by atoms with Gasteiger partial charge in [0.2, 0.25) is 0 Å². The summed E-state index contributed by atoms with van der Waals surface area (Å²) in [5, 5.41) is 1.02. The summed E-state index contributed by atoms with van der Waals surface area (Å²) in [5.74, 6) is 0.0552. The number of carbonyl (C=O) groups excluding carboxylic acids is 1. The van der Waals surface area contributed by atoms with E-state index in [4.69, 9.17) is 26.1 Å². The Morgan fingerprint density at radius 1 is 1.14 bits per heavy atom. The van der Waals surface area contributed by atoms with Gasteiger partial charge in [-0.2, -0.15) is 0 Å². The number of para-hydroxylation sites is 1. The molecule has 0 N–H and O–H groups in total. The fourth-order valence-corrected chi connectivity index (χ4v) is 5.47. The van der Waals surface area contributed by atoms with Crippen LogP contribution in [0.4, 0.5) is 10.1 Å². The standard InChI is InChI=1S/C27H23BrClFN2O3S/c1-34-13-5-12-32-26(33)24(36-27(32)31-21-6-3-2-4-7-21)16-19-14-22(28)25(23(29)15-19)35-17-18-8-10-20(30)11-9-18/h2-4,6-11,14-16H,5,12-13,17H2,1H3/b24-16-,31-27?. The molecular weight excluding hydrogens is 567 g/mol. The van der Waals surface area contributed by atoms with Crippen LogP contribution >= 0.6 is 39.3 Å². The number of halogens is 3. The Morgan fingerprint density at radius 2 is 1.89 bits per heavy atom. The minimum absolute atomic E-state index is 0.116. The third-order valence-electron chi connectivity index (χ3n) is 5.21. The number of carbonyl (C=O) groups is 1. The van der Waals surface area contributed by atoms with Crippen molar-refractivity contribution in [3.8, 4) is 5.75 Å². The molecule has 0 saturated carbocycles. The van der Waals surface area contributed by atoms with Crippen molar-refractivity contribution in [3.05, 3.63) is 98.1 Å². The van der Waals surface area contributed by atoms with E-state index in [1.54, 1.807) is 36.3 Å². The van der Waals surface area contributed by atoms with Gasteiger partial charge in [0, 0.05) is 20.3 Å². The summed E-state index contributed by atoms with van der Waals surface area (Å²) in [4.78, 5) is 20.2. The number of thioether (sulfide) groups is 1. The lowest BCUT2D eigenvalue weighted by Gasteiger charge is -2.15. The van der Waals surface area contributed by atoms with E-state index in [1.807, 2.05) is 36.4 Å². The number of ether oxygens (including phenoxy) is 2. The predicted molar refractivity (Wildman–Crippen MR) is 147 cm³/mol. The molecule has 1 aliphatic rings. The van der Waals surface area contributed by atoms with Crippen LogP contribution in [0.1, 0.15) is 17.5 Å². The zero-order chi connectivity index (χ0) is 25.5. The average molecular weight is 590 g/mol. The van der Waals surface area contributed by atoms with Gasteiger partial charge in [0.25, 0.3) is 5.91 Å². The third-order valence-corrected chi connectivity index (χ3v) is 7.09. The lowest BCUT2D eigenvalue weighted by Crippen LogP contribution is -2.30. The van der Waals surface area contributed by atoms with Crippen LogP contribution in [0.2, 0.25) is 5.02 Å². The van der Waals surface area contributed by atoms with Crippen LogP contribution in [-0.2, 0) is 16.1 Å². The SMILES string of the molecule is COCCCN1C(=O)/C(=C/c2cc(Cl)c(OCc3ccc(F)cc3)c(Br)c2)SC1=Nc1ccccc1. The molecule has 0 bridgehead atoms. The van der Waals surface area contributed by atoms with Gasteiger partial charge >= 0.3 is 0 Å². The van der Waals surface area contributed by atoms with Crippen LogP contribution in [0.25, 0.3) is 6.08 Å². The summed E-state index contributed by atoms with van der Waals surface area (Å²) in [5.41, 5.74) is 2.34. The number of amides is 1. The Balaban J connectivity index is 1.55. The van der Waals surface area contributed by atoms with Gasteiger partial charge in [-0.1, -0.05) is 41.9 Å². The van der Waals surface area contributed by atoms with Crippen LogP contribution < -0.4 is 4.74 Å². The Bertz CT molecular complexity index is 1260. The second kappa shape index (κ2) is 12.5. The highest BCUT2D eigenvalue weighted by atomic mass is 79.9. The number of nitrogens with zero attached hydrogens (tertiary/aromatic N) is 2. The number of methoxy groups -OCH3 is 1. The molecule has 1 aliphatic heterocycles. The maximum absolute atomic E-state index is 13.2. The minimum atomic E-state index is -0.302. The molecule has 3 aromatic carbocycles. The van der Waals surface area contributed by atoms with Crippen molar-refractivity contribution in [1.82, 2.24) is 4.90 Å². The van der Waals surface area contributed by atoms with E-state index >= 15 is 0 Å². The zero-order valence-corrected chi connectivity index (χ0v) is 22.6. The Hall–Kier alpha value is -2.65. The van der Waals surface area contributed by atoms with Gasteiger partial charge in [-0.05, 0) is 87.7 Å². The maximum atomic E-state index is 13.2. The van der Waals surface area contributed by atoms with Gasteiger partial charge in [-0.15, -0.1) is 0 Å². The first kappa shape index (κ1) is 26.4. The molecule has 0 spiro atoms. The van der Waals surface area contributed by atoms with Gasteiger partial charge < -0.3 is 9.47 Å². The minimum Gasteiger partial charge on any atom is -0.486 e. The van der Waals surface area contributed by atoms with Gasteiger partial charge in [0.15, 0.2) is 10.9 Å². The number of amidine groups is 1. The molecule has 5 nitrogen and oxygen atoms in total. The molecule has 0 aliphatic carbocycles. The summed E-state index contributed by atoms with van der Waals surface area (Å²) < 4.78 is 24.8. The summed E-state index contributed by atoms with van der Waals surface area (Å²) in [6.07, 6.45) is 2.49. The summed E-state index contributed by atoms with van der Waals surface area (Å²) >= 11 is 11.4. The first-order chi connectivity index (χ1) is 17.4. The predicted octanol–water partition coefficient (Wildman–Crippen LogP) is 7.46. The molecule has 186 valence electrons. The molecular formula is C27H23BrClFN2O3S. The zero-order valence-electron chi connectivity index (χ0n) is 19.4. The Labute approximate surface area is 227 Å². The van der Waals surface area contributed by atoms with Crippen molar-refractivity contribution in [1.29, 1.82) is 0 Å². The largest absolute Gasteiger partial charge is 0.486 e. The number of benzene rings is 3. The van der Waals surface area contributed by atoms with Crippen molar-refractivity contribution in [2.24, 2.45) is 4.99 Å². The van der Waals surface area contributed by atoms with Crippen molar-refractivity contribution in [2.75, 3.05) is 20.3 Å². The van der Waals surface area contributed by atoms with E-state index in [-0.39, 0.29) is 18.3 Å². The van der Waals surface area contributed by atoms with Crippen LogP contribution in [0, 0.1) is 5.82 Å². The monoisotopic (exact) mass is 588 g/mol. The molecule has 0 aromatic heterocycles. The second-order valence-electron chi connectivity index (χ2n) is 7.87. The fourth-order valence-electron chi connectivity index (χ4n) is 3.46. The molecule has 3 aromatic rings. The van der Waals surface area contributed by atoms with E-state index in [9.17, 15) is 9.18 Å². The van der Waals surface area contributed by atoms with Crippen molar-refractivity contribution in [3.63, 3.8) is 0 Å². The number of aliphatic imine (C=N–C) groups is 1. The molecule has 0 radical (unpaired) electrons. The quantitative estimate of drug-likeness (QED) is 0.192. The fraction of sp³-hybridized carbons (Fsp3) is 0.185. The van der Waals surface area contributed by atoms with Crippen molar-refractivity contribution in [2.45, 2.75) is 13.0 Å². The van der Waals surface area contributed by atoms with Gasteiger partial charge in [0.1, 0.15) is 12.4 Å². The number of hydrogen-bond donors (Lipinski definition) is 0. The van der Waals surface area contributed by atoms with Gasteiger partial charge in [0.05, 0.1) is 20.1 Å². The van der Waals surface area contributed by atoms with Crippen LogP contribution in [0.3, 0.4) is 0 Å². The summed E-state index contributed by atoms with van der Waals surface area (Å²) in [6, 6.07) is 19.2. The topological polar surface area (TPSA) is 51.1 Å². The van der Waals surface area contributed by atoms with Crippen LogP contribution in [0.5, 0.6) is 5.75 Å². The molecule has 1 amide bonds. The molecule has 4 rings (SSSR count). The smallest absolute Gasteiger partial charge is 0.266 e. The van der Waals surface area contributed by atoms with Crippen LogP contribution in [0.15, 0.2) is 81.1 Å². The molecule has 1 heterocycles. The number of rotatable bonds is 9. The highest BCUT2D eigenvalue weighted by Crippen LogP contribution is 2.38. The van der Waals surface area contributed by atoms with E-state index in [0.717, 1.165) is 16.8 Å². The van der Waals surface area contributed by atoms with E-state index < -0.39 is 0 Å². The Morgan fingerprint density at radius 3 is 2.58 bits per heavy atom. The second-order valence-corrected chi connectivity index (χ2v) is 10.1. The van der Waals surface area contributed by atoms with Crippen LogP contribution in [-0.4, -0.2) is 36.2 Å². The van der Waals surface area contributed by atoms with Gasteiger partial charge in [-0.3, -0.25) is 9.69 Å². The number of hydrogen-bond acceptors (Lipinski definition) is 5. The average Bonchev–Trinajstić information content (AvgIpc) is 3.14. The molecule has 36 heavy (non-hydrogen) atoms. The lowest BCUT2D eigenvalue weighted by atomic mass is 10.2. The van der Waals surface area contributed by atoms with Crippen molar-refractivity contribution < 1.29 is 18.7 Å². The van der Waals surface area contributed by atoms with E-state index in [1.165, 1.54) is 23.9 Å². The summed E-state index contributed by atoms with van der Waals surface area (Å²) in [6.45, 7) is 1.29. The highest BCUT2D eigenvalue weighted by Gasteiger charge is 2.33. The highest BCUT2D eigenvalue weighted by molar-refractivity contribution is 9.10. The van der Waals surface area contributed by atoms with E-state index in [0.29, 0.717) is 44.9 Å². The molecule has 9 heteroatoms. The first-order valence-electron chi connectivity index (χ1n) is 11.1. The van der Waals surface area contributed by atoms with Gasteiger partial charge in [-0.25, -0.2) is 9.38 Å².